The van der Waals surface area contributed by atoms with Crippen LogP contribution in [-0.4, -0.2) is 56.5 Å². The highest BCUT2D eigenvalue weighted by Gasteiger charge is 2.37. The third kappa shape index (κ3) is 4.00. The van der Waals surface area contributed by atoms with Crippen molar-refractivity contribution in [2.24, 2.45) is 0 Å². The molecule has 0 radical (unpaired) electrons. The number of carbonyl (C=O) groups is 3. The standard InChI is InChI=1S/C19H21N3O4S/c1-2-3-7-15(19(25)26)21-17(23)16-10-27-11-22(16)18(24)13-9-20-14-8-5-4-6-12(13)14/h2-6,8-9,15-16,20H,7,10-11H2,1H3,(H,21,23)(H,25,26)/b3-2+. The van der Waals surface area contributed by atoms with Gasteiger partial charge < -0.3 is 20.3 Å². The molecule has 0 saturated carbocycles. The zero-order valence-electron chi connectivity index (χ0n) is 14.8. The molecule has 2 atom stereocenters. The average Bonchev–Trinajstić information content (AvgIpc) is 3.31. The maximum atomic E-state index is 13.0. The third-order valence-electron chi connectivity index (χ3n) is 4.49. The Morgan fingerprint density at radius 3 is 2.93 bits per heavy atom. The zero-order chi connectivity index (χ0) is 19.4. The second-order valence-electron chi connectivity index (χ2n) is 6.24. The van der Waals surface area contributed by atoms with Crippen molar-refractivity contribution >= 4 is 40.4 Å². The van der Waals surface area contributed by atoms with Crippen LogP contribution in [0.2, 0.25) is 0 Å². The Morgan fingerprint density at radius 2 is 2.19 bits per heavy atom. The fraction of sp³-hybridized carbons (Fsp3) is 0.316. The van der Waals surface area contributed by atoms with Crippen LogP contribution >= 0.6 is 11.8 Å². The van der Waals surface area contributed by atoms with E-state index in [-0.39, 0.29) is 12.3 Å². The molecule has 7 nitrogen and oxygen atoms in total. The van der Waals surface area contributed by atoms with Gasteiger partial charge in [0, 0.05) is 22.9 Å². The molecule has 8 heteroatoms. The summed E-state index contributed by atoms with van der Waals surface area (Å²) in [5.74, 6) is -0.941. The molecule has 2 unspecified atom stereocenters. The van der Waals surface area contributed by atoms with E-state index in [1.165, 1.54) is 16.7 Å². The number of aliphatic carboxylic acids is 1. The first-order chi connectivity index (χ1) is 13.0. The molecule has 1 aromatic carbocycles. The molecule has 2 heterocycles. The molecular weight excluding hydrogens is 366 g/mol. The molecule has 27 heavy (non-hydrogen) atoms. The Bertz CT molecular complexity index is 892. The van der Waals surface area contributed by atoms with Crippen molar-refractivity contribution in [2.75, 3.05) is 11.6 Å². The van der Waals surface area contributed by atoms with E-state index in [1.807, 2.05) is 24.3 Å². The Balaban J connectivity index is 1.77. The van der Waals surface area contributed by atoms with Gasteiger partial charge in [0.2, 0.25) is 5.91 Å². The Kier molecular flexibility index (Phi) is 5.85. The summed E-state index contributed by atoms with van der Waals surface area (Å²) in [5, 5.41) is 12.7. The lowest BCUT2D eigenvalue weighted by atomic mass is 10.1. The Morgan fingerprint density at radius 1 is 1.41 bits per heavy atom. The number of carboxylic acid groups (broad SMARTS) is 1. The molecule has 2 aromatic rings. The van der Waals surface area contributed by atoms with Crippen molar-refractivity contribution in [3.05, 3.63) is 48.2 Å². The summed E-state index contributed by atoms with van der Waals surface area (Å²) < 4.78 is 0. The Hall–Kier alpha value is -2.74. The molecule has 1 aliphatic rings. The quantitative estimate of drug-likeness (QED) is 0.660. The largest absolute Gasteiger partial charge is 0.480 e. The molecule has 3 N–H and O–H groups in total. The summed E-state index contributed by atoms with van der Waals surface area (Å²) in [6.07, 6.45) is 5.28. The maximum absolute atomic E-state index is 13.0. The number of aromatic amines is 1. The van der Waals surface area contributed by atoms with Crippen LogP contribution < -0.4 is 5.32 Å². The predicted molar refractivity (Wildman–Crippen MR) is 105 cm³/mol. The van der Waals surface area contributed by atoms with Gasteiger partial charge in [-0.05, 0) is 19.4 Å². The third-order valence-corrected chi connectivity index (χ3v) is 5.50. The van der Waals surface area contributed by atoms with Gasteiger partial charge in [0.05, 0.1) is 11.4 Å². The van der Waals surface area contributed by atoms with E-state index in [0.717, 1.165) is 10.9 Å². The van der Waals surface area contributed by atoms with Gasteiger partial charge in [-0.1, -0.05) is 30.4 Å². The number of amides is 2. The van der Waals surface area contributed by atoms with Crippen molar-refractivity contribution in [2.45, 2.75) is 25.4 Å². The van der Waals surface area contributed by atoms with Crippen LogP contribution in [0.4, 0.5) is 0 Å². The maximum Gasteiger partial charge on any atom is 0.326 e. The smallest absolute Gasteiger partial charge is 0.326 e. The van der Waals surface area contributed by atoms with E-state index in [1.54, 1.807) is 25.3 Å². The molecule has 0 bridgehead atoms. The molecule has 1 aromatic heterocycles. The van der Waals surface area contributed by atoms with Crippen molar-refractivity contribution in [3.63, 3.8) is 0 Å². The van der Waals surface area contributed by atoms with Gasteiger partial charge in [0.1, 0.15) is 12.1 Å². The number of hydrogen-bond acceptors (Lipinski definition) is 4. The minimum atomic E-state index is -1.10. The first-order valence-corrected chi connectivity index (χ1v) is 9.77. The van der Waals surface area contributed by atoms with Crippen LogP contribution in [0.5, 0.6) is 0 Å². The molecule has 0 aliphatic carbocycles. The lowest BCUT2D eigenvalue weighted by Gasteiger charge is -2.24. The number of para-hydroxylation sites is 1. The van der Waals surface area contributed by atoms with E-state index in [4.69, 9.17) is 0 Å². The topological polar surface area (TPSA) is 103 Å². The SMILES string of the molecule is C/C=C/CC(NC(=O)C1CSCN1C(=O)c1c[nH]c2ccccc12)C(=O)O. The van der Waals surface area contributed by atoms with Gasteiger partial charge in [-0.3, -0.25) is 9.59 Å². The number of hydrogen-bond donors (Lipinski definition) is 3. The van der Waals surface area contributed by atoms with E-state index in [2.05, 4.69) is 10.3 Å². The van der Waals surface area contributed by atoms with Crippen LogP contribution in [0.15, 0.2) is 42.6 Å². The lowest BCUT2D eigenvalue weighted by Crippen LogP contribution is -2.51. The number of aromatic nitrogens is 1. The zero-order valence-corrected chi connectivity index (χ0v) is 15.7. The second kappa shape index (κ2) is 8.30. The van der Waals surface area contributed by atoms with Crippen LogP contribution in [0.25, 0.3) is 10.9 Å². The summed E-state index contributed by atoms with van der Waals surface area (Å²) in [4.78, 5) is 41.6. The average molecular weight is 387 g/mol. The van der Waals surface area contributed by atoms with Crippen LogP contribution in [0.1, 0.15) is 23.7 Å². The molecule has 142 valence electrons. The van der Waals surface area contributed by atoms with E-state index >= 15 is 0 Å². The number of rotatable bonds is 6. The normalized spacial score (nSPS) is 18.1. The Labute approximate surface area is 160 Å². The first-order valence-electron chi connectivity index (χ1n) is 8.62. The van der Waals surface area contributed by atoms with E-state index in [9.17, 15) is 19.5 Å². The molecular formula is C19H21N3O4S. The van der Waals surface area contributed by atoms with Crippen molar-refractivity contribution in [3.8, 4) is 0 Å². The first kappa shape index (κ1) is 19.0. The fourth-order valence-corrected chi connectivity index (χ4v) is 4.18. The number of carbonyl (C=O) groups excluding carboxylic acids is 2. The van der Waals surface area contributed by atoms with Gasteiger partial charge in [0.25, 0.3) is 5.91 Å². The number of H-pyrrole nitrogens is 1. The van der Waals surface area contributed by atoms with Crippen molar-refractivity contribution < 1.29 is 19.5 Å². The van der Waals surface area contributed by atoms with Crippen LogP contribution in [0.3, 0.4) is 0 Å². The second-order valence-corrected chi connectivity index (χ2v) is 7.24. The van der Waals surface area contributed by atoms with Gasteiger partial charge in [-0.25, -0.2) is 4.79 Å². The van der Waals surface area contributed by atoms with Crippen molar-refractivity contribution in [1.82, 2.24) is 15.2 Å². The molecule has 3 rings (SSSR count). The molecule has 2 amide bonds. The molecule has 1 fully saturated rings. The molecule has 1 saturated heterocycles. The number of allylic oxidation sites excluding steroid dienone is 1. The van der Waals surface area contributed by atoms with Gasteiger partial charge in [-0.2, -0.15) is 0 Å². The van der Waals surface area contributed by atoms with E-state index in [0.29, 0.717) is 17.2 Å². The molecule has 1 aliphatic heterocycles. The summed E-state index contributed by atoms with van der Waals surface area (Å²) in [6, 6.07) is 5.77. The highest BCUT2D eigenvalue weighted by Crippen LogP contribution is 2.26. The highest BCUT2D eigenvalue weighted by molar-refractivity contribution is 7.99. The van der Waals surface area contributed by atoms with Crippen LogP contribution in [0, 0.1) is 0 Å². The summed E-state index contributed by atoms with van der Waals surface area (Å²) in [7, 11) is 0. The number of fused-ring (bicyclic) bond motifs is 1. The lowest BCUT2D eigenvalue weighted by molar-refractivity contribution is -0.142. The number of benzene rings is 1. The van der Waals surface area contributed by atoms with Gasteiger partial charge in [-0.15, -0.1) is 11.8 Å². The fourth-order valence-electron chi connectivity index (χ4n) is 3.02. The number of thioether (sulfide) groups is 1. The predicted octanol–water partition coefficient (Wildman–Crippen LogP) is 2.22. The summed E-state index contributed by atoms with van der Waals surface area (Å²) >= 11 is 1.48. The molecule has 0 spiro atoms. The number of nitrogens with zero attached hydrogens (tertiary/aromatic N) is 1. The minimum absolute atomic E-state index is 0.202. The van der Waals surface area contributed by atoms with E-state index < -0.39 is 24.0 Å². The van der Waals surface area contributed by atoms with Gasteiger partial charge in [0.15, 0.2) is 0 Å². The highest BCUT2D eigenvalue weighted by atomic mass is 32.2. The van der Waals surface area contributed by atoms with Crippen molar-refractivity contribution in [1.29, 1.82) is 0 Å². The van der Waals surface area contributed by atoms with Crippen LogP contribution in [-0.2, 0) is 9.59 Å². The van der Waals surface area contributed by atoms with Gasteiger partial charge >= 0.3 is 5.97 Å². The minimum Gasteiger partial charge on any atom is -0.480 e. The summed E-state index contributed by atoms with van der Waals surface area (Å²) in [6.45, 7) is 1.79. The number of carboxylic acids is 1. The monoisotopic (exact) mass is 387 g/mol. The summed E-state index contributed by atoms with van der Waals surface area (Å²) in [5.41, 5.74) is 1.36. The number of nitrogens with one attached hydrogen (secondary N) is 2.